The van der Waals surface area contributed by atoms with Gasteiger partial charge in [0, 0.05) is 38.4 Å². The van der Waals surface area contributed by atoms with Gasteiger partial charge in [-0.3, -0.25) is 0 Å². The number of ether oxygens (including phenoxy) is 2. The molecule has 3 aliphatic rings. The summed E-state index contributed by atoms with van der Waals surface area (Å²) < 4.78 is 12.0. The summed E-state index contributed by atoms with van der Waals surface area (Å²) in [7, 11) is 0. The molecule has 0 bridgehead atoms. The maximum absolute atomic E-state index is 12.3. The van der Waals surface area contributed by atoms with Crippen LogP contribution in [0, 0.1) is 11.8 Å². The van der Waals surface area contributed by atoms with Crippen molar-refractivity contribution >= 4 is 6.03 Å². The molecule has 1 atom stereocenters. The van der Waals surface area contributed by atoms with E-state index in [9.17, 15) is 4.79 Å². The minimum absolute atomic E-state index is 0.00206. The molecule has 1 N–H and O–H groups in total. The van der Waals surface area contributed by atoms with E-state index in [1.807, 2.05) is 25.7 Å². The zero-order valence-electron chi connectivity index (χ0n) is 16.3. The minimum Gasteiger partial charge on any atom is -0.381 e. The van der Waals surface area contributed by atoms with Crippen LogP contribution in [0.4, 0.5) is 4.79 Å². The van der Waals surface area contributed by atoms with Gasteiger partial charge in [-0.1, -0.05) is 0 Å². The summed E-state index contributed by atoms with van der Waals surface area (Å²) in [4.78, 5) is 14.3. The van der Waals surface area contributed by atoms with Gasteiger partial charge in [0.05, 0.1) is 5.60 Å². The topological polar surface area (TPSA) is 50.8 Å². The fourth-order valence-corrected chi connectivity index (χ4v) is 4.03. The van der Waals surface area contributed by atoms with E-state index in [1.165, 1.54) is 12.8 Å². The molecule has 3 rings (SSSR count). The van der Waals surface area contributed by atoms with Gasteiger partial charge in [0.15, 0.2) is 0 Å². The number of urea groups is 1. The zero-order valence-corrected chi connectivity index (χ0v) is 16.3. The van der Waals surface area contributed by atoms with Crippen molar-refractivity contribution in [2.24, 2.45) is 11.8 Å². The summed E-state index contributed by atoms with van der Waals surface area (Å²) >= 11 is 0. The van der Waals surface area contributed by atoms with Gasteiger partial charge in [0.25, 0.3) is 0 Å². The molecule has 2 heterocycles. The minimum atomic E-state index is -0.181. The standard InChI is InChI=1S/C20H36N2O3/c1-19(2,3)21-18(23)22-10-8-20(9-11-22)14-16(7-13-25-20)6-12-24-15-17-4-5-17/h16-17H,4-15H2,1-3H3,(H,21,23). The average Bonchev–Trinajstić information content (AvgIpc) is 3.35. The lowest BCUT2D eigenvalue weighted by Crippen LogP contribution is -2.55. The monoisotopic (exact) mass is 352 g/mol. The first kappa shape index (κ1) is 19.0. The highest BCUT2D eigenvalue weighted by Gasteiger charge is 2.41. The van der Waals surface area contributed by atoms with Crippen LogP contribution in [0.3, 0.4) is 0 Å². The molecule has 25 heavy (non-hydrogen) atoms. The Morgan fingerprint density at radius 1 is 1.20 bits per heavy atom. The van der Waals surface area contributed by atoms with Crippen molar-refractivity contribution in [1.82, 2.24) is 10.2 Å². The van der Waals surface area contributed by atoms with Crippen molar-refractivity contribution < 1.29 is 14.3 Å². The molecule has 5 heteroatoms. The van der Waals surface area contributed by atoms with Crippen LogP contribution in [0.15, 0.2) is 0 Å². The highest BCUT2D eigenvalue weighted by Crippen LogP contribution is 2.39. The molecule has 0 aromatic carbocycles. The first-order valence-corrected chi connectivity index (χ1v) is 10.1. The molecule has 0 aromatic heterocycles. The Hall–Kier alpha value is -0.810. The molecule has 0 aromatic rings. The van der Waals surface area contributed by atoms with Gasteiger partial charge in [-0.15, -0.1) is 0 Å². The molecule has 2 saturated heterocycles. The molecule has 2 aliphatic heterocycles. The van der Waals surface area contributed by atoms with Crippen molar-refractivity contribution in [1.29, 1.82) is 0 Å². The number of nitrogens with one attached hydrogen (secondary N) is 1. The molecule has 1 spiro atoms. The van der Waals surface area contributed by atoms with E-state index < -0.39 is 0 Å². The smallest absolute Gasteiger partial charge is 0.317 e. The number of likely N-dealkylation sites (tertiary alicyclic amines) is 1. The molecule has 5 nitrogen and oxygen atoms in total. The number of hydrogen-bond acceptors (Lipinski definition) is 3. The van der Waals surface area contributed by atoms with Crippen LogP contribution < -0.4 is 5.32 Å². The van der Waals surface area contributed by atoms with Crippen LogP contribution in [0.1, 0.15) is 65.7 Å². The van der Waals surface area contributed by atoms with Crippen LogP contribution in [-0.2, 0) is 9.47 Å². The fraction of sp³-hybridized carbons (Fsp3) is 0.950. The Bertz CT molecular complexity index is 448. The van der Waals surface area contributed by atoms with Gasteiger partial charge in [-0.2, -0.15) is 0 Å². The Labute approximate surface area is 152 Å². The summed E-state index contributed by atoms with van der Waals surface area (Å²) in [6.45, 7) is 10.4. The van der Waals surface area contributed by atoms with Crippen molar-refractivity contribution in [2.75, 3.05) is 32.9 Å². The maximum Gasteiger partial charge on any atom is 0.317 e. The molecule has 0 radical (unpaired) electrons. The van der Waals surface area contributed by atoms with Gasteiger partial charge >= 0.3 is 6.03 Å². The second-order valence-electron chi connectivity index (χ2n) is 9.36. The molecule has 144 valence electrons. The third-order valence-electron chi connectivity index (χ3n) is 5.76. The Balaban J connectivity index is 1.40. The highest BCUT2D eigenvalue weighted by atomic mass is 16.5. The number of amides is 2. The first-order valence-electron chi connectivity index (χ1n) is 10.1. The van der Waals surface area contributed by atoms with Crippen molar-refractivity contribution in [2.45, 2.75) is 76.9 Å². The predicted molar refractivity (Wildman–Crippen MR) is 98.7 cm³/mol. The SMILES string of the molecule is CC(C)(C)NC(=O)N1CCC2(CC1)CC(CCOCC1CC1)CCO2. The molecule has 1 aliphatic carbocycles. The van der Waals surface area contributed by atoms with Crippen LogP contribution >= 0.6 is 0 Å². The van der Waals surface area contributed by atoms with E-state index in [-0.39, 0.29) is 17.2 Å². The Kier molecular flexibility index (Phi) is 5.94. The van der Waals surface area contributed by atoms with Crippen LogP contribution in [0.5, 0.6) is 0 Å². The van der Waals surface area contributed by atoms with Crippen LogP contribution in [0.25, 0.3) is 0 Å². The third-order valence-corrected chi connectivity index (χ3v) is 5.76. The largest absolute Gasteiger partial charge is 0.381 e. The summed E-state index contributed by atoms with van der Waals surface area (Å²) in [6.07, 6.45) is 8.09. The fourth-order valence-electron chi connectivity index (χ4n) is 4.03. The second kappa shape index (κ2) is 7.83. The predicted octanol–water partition coefficient (Wildman–Crippen LogP) is 3.57. The number of carbonyl (C=O) groups is 1. The third kappa shape index (κ3) is 5.85. The Morgan fingerprint density at radius 2 is 1.92 bits per heavy atom. The summed E-state index contributed by atoms with van der Waals surface area (Å²) in [6, 6.07) is 0.0585. The van der Waals surface area contributed by atoms with Crippen LogP contribution in [0.2, 0.25) is 0 Å². The second-order valence-corrected chi connectivity index (χ2v) is 9.36. The van der Waals surface area contributed by atoms with E-state index in [0.717, 1.165) is 70.9 Å². The van der Waals surface area contributed by atoms with E-state index in [0.29, 0.717) is 5.92 Å². The van der Waals surface area contributed by atoms with E-state index >= 15 is 0 Å². The van der Waals surface area contributed by atoms with Crippen molar-refractivity contribution in [3.63, 3.8) is 0 Å². The number of nitrogens with zero attached hydrogens (tertiary/aromatic N) is 1. The molecule has 3 fully saturated rings. The lowest BCUT2D eigenvalue weighted by atomic mass is 9.78. The summed E-state index contributed by atoms with van der Waals surface area (Å²) in [5.41, 5.74) is -0.183. The van der Waals surface area contributed by atoms with E-state index in [2.05, 4.69) is 5.32 Å². The van der Waals surface area contributed by atoms with Gasteiger partial charge < -0.3 is 19.7 Å². The van der Waals surface area contributed by atoms with Crippen molar-refractivity contribution in [3.8, 4) is 0 Å². The molecular weight excluding hydrogens is 316 g/mol. The Morgan fingerprint density at radius 3 is 2.56 bits per heavy atom. The first-order chi connectivity index (χ1) is 11.9. The van der Waals surface area contributed by atoms with Gasteiger partial charge in [-0.25, -0.2) is 4.79 Å². The van der Waals surface area contributed by atoms with Gasteiger partial charge in [0.1, 0.15) is 0 Å². The number of hydrogen-bond donors (Lipinski definition) is 1. The number of rotatable bonds is 5. The normalized spacial score (nSPS) is 26.7. The quantitative estimate of drug-likeness (QED) is 0.770. The average molecular weight is 353 g/mol. The van der Waals surface area contributed by atoms with E-state index in [4.69, 9.17) is 9.47 Å². The molecular formula is C20H36N2O3. The lowest BCUT2D eigenvalue weighted by molar-refractivity contribution is -0.125. The highest BCUT2D eigenvalue weighted by molar-refractivity contribution is 5.75. The van der Waals surface area contributed by atoms with Crippen molar-refractivity contribution in [3.05, 3.63) is 0 Å². The lowest BCUT2D eigenvalue weighted by Gasteiger charge is -2.46. The number of carbonyl (C=O) groups excluding carboxylic acids is 1. The summed E-state index contributed by atoms with van der Waals surface area (Å²) in [5, 5.41) is 3.07. The number of piperidine rings is 1. The molecule has 2 amide bonds. The molecule has 1 unspecified atom stereocenters. The van der Waals surface area contributed by atoms with Gasteiger partial charge in [-0.05, 0) is 77.6 Å². The maximum atomic E-state index is 12.3. The van der Waals surface area contributed by atoms with Crippen LogP contribution in [-0.4, -0.2) is 55.0 Å². The van der Waals surface area contributed by atoms with E-state index in [1.54, 1.807) is 0 Å². The molecule has 1 saturated carbocycles. The summed E-state index contributed by atoms with van der Waals surface area (Å²) in [5.74, 6) is 1.56. The van der Waals surface area contributed by atoms with Gasteiger partial charge in [0.2, 0.25) is 0 Å². The zero-order chi connectivity index (χ0) is 17.9.